The molecule has 1 aliphatic rings. The third-order valence-electron chi connectivity index (χ3n) is 4.19. The van der Waals surface area contributed by atoms with Gasteiger partial charge in [-0.3, -0.25) is 9.10 Å². The molecule has 2 aromatic carbocycles. The van der Waals surface area contributed by atoms with Crippen LogP contribution in [-0.4, -0.2) is 18.5 Å². The number of alkyl halides is 3. The number of nitrogens with zero attached hydrogens (tertiary/aromatic N) is 1. The van der Waals surface area contributed by atoms with Crippen LogP contribution in [0.1, 0.15) is 23.6 Å². The summed E-state index contributed by atoms with van der Waals surface area (Å²) in [6.07, 6.45) is -2.43. The van der Waals surface area contributed by atoms with Crippen LogP contribution in [0.25, 0.3) is 0 Å². The molecule has 2 aromatic rings. The van der Waals surface area contributed by atoms with Crippen molar-refractivity contribution in [1.29, 1.82) is 0 Å². The van der Waals surface area contributed by atoms with Crippen LogP contribution < -0.4 is 0 Å². The van der Waals surface area contributed by atoms with E-state index in [1.165, 1.54) is 0 Å². The molecule has 0 N–H and O–H groups in total. The van der Waals surface area contributed by atoms with Gasteiger partial charge in [-0.15, -0.1) is 0 Å². The van der Waals surface area contributed by atoms with Crippen molar-refractivity contribution in [2.24, 2.45) is 0 Å². The van der Waals surface area contributed by atoms with Crippen LogP contribution in [0.15, 0.2) is 64.1 Å². The number of rotatable bonds is 3. The molecule has 0 amide bonds. The average molecular weight is 495 g/mol. The predicted molar refractivity (Wildman–Crippen MR) is 101 cm³/mol. The van der Waals surface area contributed by atoms with Crippen LogP contribution in [0.4, 0.5) is 13.2 Å². The van der Waals surface area contributed by atoms with Gasteiger partial charge in [0, 0.05) is 22.1 Å². The van der Waals surface area contributed by atoms with Crippen molar-refractivity contribution in [3.05, 3.63) is 75.4 Å². The van der Waals surface area contributed by atoms with Gasteiger partial charge in [0.2, 0.25) is 0 Å². The number of hydrogen-bond donors (Lipinski definition) is 0. The van der Waals surface area contributed by atoms with Crippen LogP contribution in [0.2, 0.25) is 5.02 Å². The molecule has 3 rings (SSSR count). The molecular weight excluding hydrogens is 483 g/mol. The van der Waals surface area contributed by atoms with Crippen LogP contribution in [0.3, 0.4) is 0 Å². The zero-order valence-corrected chi connectivity index (χ0v) is 17.1. The second-order valence-electron chi connectivity index (χ2n) is 6.02. The number of allylic oxidation sites excluding steroid dienone is 1. The Morgan fingerprint density at radius 3 is 2.32 bits per heavy atom. The number of hydrogen-bond acceptors (Lipinski definition) is 3. The third-order valence-corrected chi connectivity index (χ3v) is 6.91. The van der Waals surface area contributed by atoms with E-state index in [9.17, 15) is 26.4 Å². The summed E-state index contributed by atoms with van der Waals surface area (Å²) in [6.45, 7) is 0. The lowest BCUT2D eigenvalue weighted by atomic mass is 9.99. The molecule has 4 nitrogen and oxygen atoms in total. The van der Waals surface area contributed by atoms with E-state index >= 15 is 0 Å². The maximum Gasteiger partial charge on any atom is 0.416 e. The van der Waals surface area contributed by atoms with E-state index in [0.717, 1.165) is 28.7 Å². The van der Waals surface area contributed by atoms with Crippen molar-refractivity contribution in [3.8, 4) is 0 Å². The first kappa shape index (κ1) is 20.9. The summed E-state index contributed by atoms with van der Waals surface area (Å²) in [5, 5.41) is 0.422. The Morgan fingerprint density at radius 1 is 1.11 bits per heavy atom. The summed E-state index contributed by atoms with van der Waals surface area (Å²) >= 11 is 9.24. The predicted octanol–water partition coefficient (Wildman–Crippen LogP) is 5.34. The zero-order valence-electron chi connectivity index (χ0n) is 14.0. The molecule has 1 aliphatic heterocycles. The van der Waals surface area contributed by atoms with Gasteiger partial charge in [-0.05, 0) is 48.0 Å². The Hall–Kier alpha value is -1.84. The van der Waals surface area contributed by atoms with Crippen molar-refractivity contribution >= 4 is 43.3 Å². The van der Waals surface area contributed by atoms with Gasteiger partial charge >= 0.3 is 6.18 Å². The molecule has 148 valence electrons. The lowest BCUT2D eigenvalue weighted by Crippen LogP contribution is -2.34. The van der Waals surface area contributed by atoms with Gasteiger partial charge in [0.25, 0.3) is 10.0 Å². The van der Waals surface area contributed by atoms with E-state index in [1.807, 2.05) is 0 Å². The molecule has 0 aromatic heterocycles. The van der Waals surface area contributed by atoms with Gasteiger partial charge in [0.1, 0.15) is 0 Å². The maximum atomic E-state index is 13.1. The Morgan fingerprint density at radius 2 is 1.75 bits per heavy atom. The standard InChI is InChI=1S/C18H12BrClF3NO3S/c19-16-9-12(20)3-6-15(16)17-10-13(25)7-8-24(17)28(26,27)14-4-1-11(2-5-14)18(21,22)23/h1-9,17H,10H2. The average Bonchev–Trinajstić information content (AvgIpc) is 2.61. The first-order valence-electron chi connectivity index (χ1n) is 7.87. The number of benzene rings is 2. The Kier molecular flexibility index (Phi) is 5.62. The van der Waals surface area contributed by atoms with Gasteiger partial charge in [-0.25, -0.2) is 8.42 Å². The third kappa shape index (κ3) is 4.11. The fourth-order valence-electron chi connectivity index (χ4n) is 2.81. The van der Waals surface area contributed by atoms with Gasteiger partial charge in [0.15, 0.2) is 5.78 Å². The quantitative estimate of drug-likeness (QED) is 0.579. The van der Waals surface area contributed by atoms with Gasteiger partial charge in [-0.2, -0.15) is 13.2 Å². The molecule has 0 radical (unpaired) electrons. The van der Waals surface area contributed by atoms with Crippen molar-refractivity contribution < 1.29 is 26.4 Å². The van der Waals surface area contributed by atoms with Gasteiger partial charge in [-0.1, -0.05) is 33.6 Å². The number of carbonyl (C=O) groups excluding carboxylic acids is 1. The fraction of sp³-hybridized carbons (Fsp3) is 0.167. The normalized spacial score (nSPS) is 17.8. The molecule has 1 heterocycles. The molecule has 28 heavy (non-hydrogen) atoms. The minimum Gasteiger partial charge on any atom is -0.295 e. The minimum absolute atomic E-state index is 0.114. The van der Waals surface area contributed by atoms with Crippen LogP contribution in [-0.2, 0) is 21.0 Å². The Bertz CT molecular complexity index is 1050. The monoisotopic (exact) mass is 493 g/mol. The van der Waals surface area contributed by atoms with Crippen molar-refractivity contribution in [1.82, 2.24) is 4.31 Å². The summed E-state index contributed by atoms with van der Waals surface area (Å²) < 4.78 is 65.9. The number of carbonyl (C=O) groups is 1. The molecular formula is C18H12BrClF3NO3S. The van der Waals surface area contributed by atoms with E-state index in [0.29, 0.717) is 27.2 Å². The van der Waals surface area contributed by atoms with Crippen molar-refractivity contribution in [3.63, 3.8) is 0 Å². The molecule has 0 spiro atoms. The topological polar surface area (TPSA) is 54.5 Å². The maximum absolute atomic E-state index is 13.1. The molecule has 0 bridgehead atoms. The summed E-state index contributed by atoms with van der Waals surface area (Å²) in [5.41, 5.74) is -0.439. The SMILES string of the molecule is O=C1C=CN(S(=O)(=O)c2ccc(C(F)(F)F)cc2)C(c2ccc(Cl)cc2Br)C1. The summed E-state index contributed by atoms with van der Waals surface area (Å²) in [4.78, 5) is 11.6. The van der Waals surface area contributed by atoms with E-state index in [2.05, 4.69) is 15.9 Å². The van der Waals surface area contributed by atoms with E-state index in [4.69, 9.17) is 11.6 Å². The van der Waals surface area contributed by atoms with Gasteiger partial charge < -0.3 is 0 Å². The number of sulfonamides is 1. The lowest BCUT2D eigenvalue weighted by Gasteiger charge is -2.32. The summed E-state index contributed by atoms with van der Waals surface area (Å²) in [6, 6.07) is 7.08. The Labute approximate surface area is 172 Å². The summed E-state index contributed by atoms with van der Waals surface area (Å²) in [5.74, 6) is -0.272. The molecule has 1 unspecified atom stereocenters. The van der Waals surface area contributed by atoms with E-state index in [1.54, 1.807) is 18.2 Å². The number of ketones is 1. The molecule has 0 aliphatic carbocycles. The second-order valence-corrected chi connectivity index (χ2v) is 9.16. The highest BCUT2D eigenvalue weighted by Gasteiger charge is 2.36. The number of halogens is 5. The van der Waals surface area contributed by atoms with Crippen LogP contribution in [0.5, 0.6) is 0 Å². The molecule has 0 saturated heterocycles. The van der Waals surface area contributed by atoms with Crippen molar-refractivity contribution in [2.75, 3.05) is 0 Å². The molecule has 0 fully saturated rings. The first-order valence-corrected chi connectivity index (χ1v) is 10.5. The minimum atomic E-state index is -4.57. The van der Waals surface area contributed by atoms with Crippen molar-refractivity contribution in [2.45, 2.75) is 23.5 Å². The largest absolute Gasteiger partial charge is 0.416 e. The first-order chi connectivity index (χ1) is 13.0. The van der Waals surface area contributed by atoms with E-state index in [-0.39, 0.29) is 17.1 Å². The van der Waals surface area contributed by atoms with E-state index < -0.39 is 27.8 Å². The fourth-order valence-corrected chi connectivity index (χ4v) is 5.23. The molecule has 10 heteroatoms. The lowest BCUT2D eigenvalue weighted by molar-refractivity contribution is -0.137. The van der Waals surface area contributed by atoms with Gasteiger partial charge in [0.05, 0.1) is 16.5 Å². The van der Waals surface area contributed by atoms with Crippen LogP contribution >= 0.6 is 27.5 Å². The van der Waals surface area contributed by atoms with Crippen LogP contribution in [0, 0.1) is 0 Å². The Balaban J connectivity index is 2.05. The molecule has 0 saturated carbocycles. The second kappa shape index (κ2) is 7.53. The summed E-state index contributed by atoms with van der Waals surface area (Å²) in [7, 11) is -4.20. The highest BCUT2D eigenvalue weighted by Crippen LogP contribution is 2.38. The molecule has 1 atom stereocenters. The highest BCUT2D eigenvalue weighted by molar-refractivity contribution is 9.10. The highest BCUT2D eigenvalue weighted by atomic mass is 79.9. The zero-order chi connectivity index (χ0) is 20.7. The smallest absolute Gasteiger partial charge is 0.295 e.